The number of halogens is 1. The van der Waals surface area contributed by atoms with Gasteiger partial charge in [-0.05, 0) is 43.2 Å². The van der Waals surface area contributed by atoms with Crippen LogP contribution >= 0.6 is 11.6 Å². The number of fused-ring (bicyclic) bond motifs is 1. The third-order valence-electron chi connectivity index (χ3n) is 4.56. The van der Waals surface area contributed by atoms with Crippen molar-refractivity contribution in [1.82, 2.24) is 15.3 Å². The summed E-state index contributed by atoms with van der Waals surface area (Å²) in [7, 11) is 0. The predicted molar refractivity (Wildman–Crippen MR) is 96.6 cm³/mol. The zero-order valence-corrected chi connectivity index (χ0v) is 14.4. The van der Waals surface area contributed by atoms with Gasteiger partial charge in [0.05, 0.1) is 0 Å². The summed E-state index contributed by atoms with van der Waals surface area (Å²) in [5, 5.41) is 3.50. The number of oxazole rings is 1. The molecule has 6 heteroatoms. The van der Waals surface area contributed by atoms with E-state index in [1.165, 1.54) is 19.3 Å². The van der Waals surface area contributed by atoms with Gasteiger partial charge in [0, 0.05) is 23.4 Å². The first-order valence-corrected chi connectivity index (χ1v) is 8.90. The number of benzene rings is 1. The van der Waals surface area contributed by atoms with Gasteiger partial charge in [-0.15, -0.1) is 0 Å². The number of carbonyl (C=O) groups is 1. The lowest BCUT2D eigenvalue weighted by Crippen LogP contribution is -2.36. The molecule has 0 atom stereocenters. The molecule has 5 nitrogen and oxygen atoms in total. The molecule has 1 aliphatic rings. The number of amides is 1. The molecule has 3 aromatic rings. The SMILES string of the molecule is O=C(NC1CCCCC1)c1ccc2oc(-c3ccnc(Cl)c3)nc2c1. The number of rotatable bonds is 3. The molecule has 1 aliphatic carbocycles. The van der Waals surface area contributed by atoms with Crippen LogP contribution in [0, 0.1) is 0 Å². The molecule has 1 fully saturated rings. The summed E-state index contributed by atoms with van der Waals surface area (Å²) in [6.07, 6.45) is 7.36. The van der Waals surface area contributed by atoms with E-state index in [2.05, 4.69) is 15.3 Å². The maximum atomic E-state index is 12.5. The van der Waals surface area contributed by atoms with Crippen LogP contribution in [0.3, 0.4) is 0 Å². The molecule has 25 heavy (non-hydrogen) atoms. The van der Waals surface area contributed by atoms with E-state index in [0.717, 1.165) is 18.4 Å². The maximum Gasteiger partial charge on any atom is 0.251 e. The van der Waals surface area contributed by atoms with E-state index in [1.807, 2.05) is 0 Å². The number of aromatic nitrogens is 2. The second-order valence-electron chi connectivity index (χ2n) is 6.38. The topological polar surface area (TPSA) is 68.0 Å². The fourth-order valence-corrected chi connectivity index (χ4v) is 3.42. The van der Waals surface area contributed by atoms with Crippen molar-refractivity contribution < 1.29 is 9.21 Å². The molecule has 2 heterocycles. The van der Waals surface area contributed by atoms with E-state index in [-0.39, 0.29) is 11.9 Å². The number of carbonyl (C=O) groups excluding carboxylic acids is 1. The molecule has 1 saturated carbocycles. The highest BCUT2D eigenvalue weighted by Gasteiger charge is 2.18. The van der Waals surface area contributed by atoms with Crippen molar-refractivity contribution >= 4 is 28.6 Å². The lowest BCUT2D eigenvalue weighted by Gasteiger charge is -2.22. The Labute approximate surface area is 150 Å². The summed E-state index contributed by atoms with van der Waals surface area (Å²) >= 11 is 5.92. The Hall–Kier alpha value is -2.40. The average Bonchev–Trinajstić information content (AvgIpc) is 3.06. The minimum Gasteiger partial charge on any atom is -0.436 e. The summed E-state index contributed by atoms with van der Waals surface area (Å²) < 4.78 is 5.76. The van der Waals surface area contributed by atoms with Gasteiger partial charge in [0.1, 0.15) is 10.7 Å². The van der Waals surface area contributed by atoms with Crippen molar-refractivity contribution in [1.29, 1.82) is 0 Å². The normalized spacial score (nSPS) is 15.4. The fourth-order valence-electron chi connectivity index (χ4n) is 3.24. The summed E-state index contributed by atoms with van der Waals surface area (Å²) in [4.78, 5) is 20.9. The highest BCUT2D eigenvalue weighted by atomic mass is 35.5. The van der Waals surface area contributed by atoms with Crippen LogP contribution in [0.2, 0.25) is 5.15 Å². The van der Waals surface area contributed by atoms with Gasteiger partial charge in [-0.3, -0.25) is 4.79 Å². The largest absolute Gasteiger partial charge is 0.436 e. The molecule has 0 aliphatic heterocycles. The third-order valence-corrected chi connectivity index (χ3v) is 4.77. The molecule has 1 N–H and O–H groups in total. The first-order chi connectivity index (χ1) is 12.2. The smallest absolute Gasteiger partial charge is 0.251 e. The van der Waals surface area contributed by atoms with Gasteiger partial charge in [-0.25, -0.2) is 9.97 Å². The van der Waals surface area contributed by atoms with E-state index >= 15 is 0 Å². The number of pyridine rings is 1. The van der Waals surface area contributed by atoms with Crippen LogP contribution < -0.4 is 5.32 Å². The minimum atomic E-state index is -0.0506. The van der Waals surface area contributed by atoms with E-state index in [0.29, 0.717) is 27.7 Å². The molecule has 0 spiro atoms. The highest BCUT2D eigenvalue weighted by Crippen LogP contribution is 2.26. The second-order valence-corrected chi connectivity index (χ2v) is 6.76. The third kappa shape index (κ3) is 3.51. The molecule has 0 bridgehead atoms. The molecular weight excluding hydrogens is 338 g/mol. The van der Waals surface area contributed by atoms with Crippen LogP contribution in [0.5, 0.6) is 0 Å². The summed E-state index contributed by atoms with van der Waals surface area (Å²) in [6.45, 7) is 0. The molecule has 4 rings (SSSR count). The van der Waals surface area contributed by atoms with Crippen molar-refractivity contribution in [3.05, 3.63) is 47.2 Å². The van der Waals surface area contributed by atoms with Crippen molar-refractivity contribution in [3.63, 3.8) is 0 Å². The highest BCUT2D eigenvalue weighted by molar-refractivity contribution is 6.29. The molecule has 1 amide bonds. The first-order valence-electron chi connectivity index (χ1n) is 8.52. The number of nitrogens with zero attached hydrogens (tertiary/aromatic N) is 2. The van der Waals surface area contributed by atoms with E-state index in [9.17, 15) is 4.79 Å². The summed E-state index contributed by atoms with van der Waals surface area (Å²) in [5.41, 5.74) is 2.64. The molecule has 1 aromatic carbocycles. The van der Waals surface area contributed by atoms with Gasteiger partial charge in [0.2, 0.25) is 5.89 Å². The summed E-state index contributed by atoms with van der Waals surface area (Å²) in [5.74, 6) is 0.412. The summed E-state index contributed by atoms with van der Waals surface area (Å²) in [6, 6.07) is 9.09. The van der Waals surface area contributed by atoms with Crippen LogP contribution in [0.15, 0.2) is 40.9 Å². The average molecular weight is 356 g/mol. The number of hydrogen-bond donors (Lipinski definition) is 1. The molecule has 0 radical (unpaired) electrons. The number of nitrogens with one attached hydrogen (secondary N) is 1. The van der Waals surface area contributed by atoms with Crippen LogP contribution in [-0.2, 0) is 0 Å². The van der Waals surface area contributed by atoms with E-state index in [1.54, 1.807) is 36.5 Å². The van der Waals surface area contributed by atoms with Crippen LogP contribution in [0.4, 0.5) is 0 Å². The van der Waals surface area contributed by atoms with Crippen molar-refractivity contribution in [2.45, 2.75) is 38.1 Å². The van der Waals surface area contributed by atoms with Crippen LogP contribution in [-0.4, -0.2) is 21.9 Å². The Balaban J connectivity index is 1.58. The zero-order valence-electron chi connectivity index (χ0n) is 13.7. The Bertz CT molecular complexity index is 916. The first kappa shape index (κ1) is 16.1. The standard InChI is InChI=1S/C19H18ClN3O2/c20-17-11-13(8-9-21-17)19-23-15-10-12(6-7-16(15)25-19)18(24)22-14-4-2-1-3-5-14/h6-11,14H,1-5H2,(H,22,24). The Morgan fingerprint density at radius 1 is 1.16 bits per heavy atom. The van der Waals surface area contributed by atoms with Gasteiger partial charge in [-0.1, -0.05) is 30.9 Å². The van der Waals surface area contributed by atoms with Gasteiger partial charge < -0.3 is 9.73 Å². The second kappa shape index (κ2) is 6.84. The van der Waals surface area contributed by atoms with Crippen molar-refractivity contribution in [2.24, 2.45) is 0 Å². The maximum absolute atomic E-state index is 12.5. The Morgan fingerprint density at radius 3 is 2.80 bits per heavy atom. The Morgan fingerprint density at radius 2 is 2.00 bits per heavy atom. The van der Waals surface area contributed by atoms with Crippen molar-refractivity contribution in [2.75, 3.05) is 0 Å². The van der Waals surface area contributed by atoms with Gasteiger partial charge >= 0.3 is 0 Å². The number of hydrogen-bond acceptors (Lipinski definition) is 4. The fraction of sp³-hybridized carbons (Fsp3) is 0.316. The zero-order chi connectivity index (χ0) is 17.2. The van der Waals surface area contributed by atoms with Crippen LogP contribution in [0.1, 0.15) is 42.5 Å². The predicted octanol–water partition coefficient (Wildman–Crippen LogP) is 4.61. The lowest BCUT2D eigenvalue weighted by molar-refractivity contribution is 0.0928. The van der Waals surface area contributed by atoms with E-state index < -0.39 is 0 Å². The molecule has 2 aromatic heterocycles. The van der Waals surface area contributed by atoms with Crippen LogP contribution in [0.25, 0.3) is 22.6 Å². The molecular formula is C19H18ClN3O2. The van der Waals surface area contributed by atoms with Gasteiger partial charge in [-0.2, -0.15) is 0 Å². The lowest BCUT2D eigenvalue weighted by atomic mass is 9.95. The van der Waals surface area contributed by atoms with Gasteiger partial charge in [0.25, 0.3) is 5.91 Å². The molecule has 0 saturated heterocycles. The Kier molecular flexibility index (Phi) is 4.40. The van der Waals surface area contributed by atoms with E-state index in [4.69, 9.17) is 16.0 Å². The molecule has 0 unspecified atom stereocenters. The van der Waals surface area contributed by atoms with Crippen molar-refractivity contribution in [3.8, 4) is 11.5 Å². The minimum absolute atomic E-state index is 0.0506. The molecule has 128 valence electrons. The monoisotopic (exact) mass is 355 g/mol. The quantitative estimate of drug-likeness (QED) is 0.697. The van der Waals surface area contributed by atoms with Gasteiger partial charge in [0.15, 0.2) is 5.58 Å².